The second kappa shape index (κ2) is 11.0. The highest BCUT2D eigenvalue weighted by atomic mass is 35.5. The summed E-state index contributed by atoms with van der Waals surface area (Å²) in [6.45, 7) is 3.19. The highest BCUT2D eigenvalue weighted by Gasteiger charge is 2.36. The van der Waals surface area contributed by atoms with Gasteiger partial charge in [-0.15, -0.1) is 12.4 Å². The highest BCUT2D eigenvalue weighted by Crippen LogP contribution is 2.26. The van der Waals surface area contributed by atoms with E-state index in [1.165, 1.54) is 0 Å². The summed E-state index contributed by atoms with van der Waals surface area (Å²) in [5.41, 5.74) is 4.83. The van der Waals surface area contributed by atoms with Crippen molar-refractivity contribution in [3.63, 3.8) is 0 Å². The Morgan fingerprint density at radius 1 is 1.06 bits per heavy atom. The molecule has 11 heteroatoms. The lowest BCUT2D eigenvalue weighted by molar-refractivity contribution is -0.121. The molecule has 5 rings (SSSR count). The van der Waals surface area contributed by atoms with E-state index in [4.69, 9.17) is 15.2 Å². The van der Waals surface area contributed by atoms with Crippen molar-refractivity contribution in [2.75, 3.05) is 31.1 Å². The molecule has 4 aliphatic heterocycles. The van der Waals surface area contributed by atoms with Crippen LogP contribution in [0.25, 0.3) is 0 Å². The minimum Gasteiger partial charge on any atom is -0.393 e. The lowest BCUT2D eigenvalue weighted by atomic mass is 9.94. The molecule has 0 aliphatic carbocycles. The molecule has 0 bridgehead atoms. The number of fused-ring (bicyclic) bond motifs is 1. The highest BCUT2D eigenvalue weighted by molar-refractivity contribution is 6.46. The van der Waals surface area contributed by atoms with Crippen molar-refractivity contribution in [1.29, 1.82) is 5.26 Å². The summed E-state index contributed by atoms with van der Waals surface area (Å²) in [6, 6.07) is 10.1. The number of aliphatic imine (C=N–C) groups is 3. The first kappa shape index (κ1) is 24.8. The van der Waals surface area contributed by atoms with Crippen molar-refractivity contribution >= 4 is 53.4 Å². The van der Waals surface area contributed by atoms with Gasteiger partial charge in [0.1, 0.15) is 5.92 Å². The van der Waals surface area contributed by atoms with Crippen LogP contribution in [-0.4, -0.2) is 71.9 Å². The van der Waals surface area contributed by atoms with E-state index in [1.807, 2.05) is 24.3 Å². The Hall–Kier alpha value is -3.29. The molecular formula is C24H29ClN8O2. The number of nitriles is 1. The van der Waals surface area contributed by atoms with Crippen molar-refractivity contribution in [2.45, 2.75) is 38.2 Å². The molecule has 0 saturated carbocycles. The molecule has 1 aromatic rings. The van der Waals surface area contributed by atoms with Crippen molar-refractivity contribution in [1.82, 2.24) is 10.3 Å². The van der Waals surface area contributed by atoms with E-state index in [9.17, 15) is 9.90 Å². The number of piperidine rings is 2. The number of aliphatic hydroxyl groups excluding tert-OH is 1. The molecular weight excluding hydrogens is 468 g/mol. The fourth-order valence-corrected chi connectivity index (χ4v) is 4.78. The molecule has 1 amide bonds. The van der Waals surface area contributed by atoms with Crippen molar-refractivity contribution in [2.24, 2.45) is 31.9 Å². The molecule has 35 heavy (non-hydrogen) atoms. The largest absolute Gasteiger partial charge is 0.393 e. The Labute approximate surface area is 210 Å². The zero-order chi connectivity index (χ0) is 23.5. The number of guanidine groups is 1. The van der Waals surface area contributed by atoms with Crippen molar-refractivity contribution in [3.8, 4) is 6.07 Å². The topological polar surface area (TPSA) is 129 Å². The maximum atomic E-state index is 12.6. The van der Waals surface area contributed by atoms with E-state index >= 15 is 0 Å². The summed E-state index contributed by atoms with van der Waals surface area (Å²) < 4.78 is 0. The minimum absolute atomic E-state index is 0. The van der Waals surface area contributed by atoms with Gasteiger partial charge in [-0.25, -0.2) is 15.4 Å². The van der Waals surface area contributed by atoms with Crippen LogP contribution < -0.4 is 10.3 Å². The smallest absolute Gasteiger partial charge is 0.257 e. The van der Waals surface area contributed by atoms with Crippen LogP contribution in [-0.2, 0) is 4.79 Å². The summed E-state index contributed by atoms with van der Waals surface area (Å²) in [6.07, 6.45) is 5.30. The number of anilines is 1. The molecule has 10 nitrogen and oxygen atoms in total. The number of benzene rings is 1. The van der Waals surface area contributed by atoms with Gasteiger partial charge in [0, 0.05) is 38.3 Å². The molecule has 184 valence electrons. The molecule has 0 spiro atoms. The van der Waals surface area contributed by atoms with E-state index in [1.54, 1.807) is 6.21 Å². The lowest BCUT2D eigenvalue weighted by Gasteiger charge is -2.34. The first-order chi connectivity index (χ1) is 16.6. The number of nitrogens with zero attached hydrogens (tertiary/aromatic N) is 7. The molecule has 2 N–H and O–H groups in total. The van der Waals surface area contributed by atoms with Gasteiger partial charge in [0.05, 0.1) is 29.8 Å². The number of likely N-dealkylation sites (tertiary alicyclic amines) is 1. The average Bonchev–Trinajstić information content (AvgIpc) is 2.86. The van der Waals surface area contributed by atoms with Gasteiger partial charge in [0.15, 0.2) is 5.84 Å². The zero-order valence-electron chi connectivity index (χ0n) is 19.4. The normalized spacial score (nSPS) is 24.2. The van der Waals surface area contributed by atoms with Gasteiger partial charge in [-0.05, 0) is 55.9 Å². The van der Waals surface area contributed by atoms with Gasteiger partial charge in [-0.1, -0.05) is 0 Å². The summed E-state index contributed by atoms with van der Waals surface area (Å²) >= 11 is 0. The third-order valence-electron chi connectivity index (χ3n) is 6.83. The third-order valence-corrected chi connectivity index (χ3v) is 6.83. The molecule has 1 atom stereocenters. The molecule has 2 saturated heterocycles. The molecule has 0 aromatic heterocycles. The van der Waals surface area contributed by atoms with E-state index in [0.717, 1.165) is 57.5 Å². The van der Waals surface area contributed by atoms with Gasteiger partial charge in [0.25, 0.3) is 5.91 Å². The number of carbonyl (C=O) groups is 1. The number of aliphatic hydroxyl groups is 1. The third kappa shape index (κ3) is 5.52. The molecule has 1 aromatic carbocycles. The van der Waals surface area contributed by atoms with Crippen LogP contribution in [0.3, 0.4) is 0 Å². The van der Waals surface area contributed by atoms with E-state index in [2.05, 4.69) is 31.4 Å². The maximum absolute atomic E-state index is 12.6. The molecule has 1 unspecified atom stereocenters. The number of hydrogen-bond acceptors (Lipinski definition) is 8. The quantitative estimate of drug-likeness (QED) is 0.663. The van der Waals surface area contributed by atoms with Gasteiger partial charge < -0.3 is 14.9 Å². The van der Waals surface area contributed by atoms with Crippen molar-refractivity contribution < 1.29 is 9.90 Å². The van der Waals surface area contributed by atoms with E-state index in [0.29, 0.717) is 35.5 Å². The van der Waals surface area contributed by atoms with Gasteiger partial charge in [-0.2, -0.15) is 15.4 Å². The monoisotopic (exact) mass is 496 g/mol. The van der Waals surface area contributed by atoms with Gasteiger partial charge in [0.2, 0.25) is 5.96 Å². The Bertz CT molecular complexity index is 1090. The van der Waals surface area contributed by atoms with Crippen LogP contribution >= 0.6 is 12.4 Å². The lowest BCUT2D eigenvalue weighted by Crippen LogP contribution is -2.47. The summed E-state index contributed by atoms with van der Waals surface area (Å²) in [5.74, 6) is 0.365. The molecule has 2 fully saturated rings. The predicted molar refractivity (Wildman–Crippen MR) is 138 cm³/mol. The van der Waals surface area contributed by atoms with Crippen LogP contribution in [0.4, 0.5) is 11.4 Å². The van der Waals surface area contributed by atoms with E-state index < -0.39 is 5.92 Å². The maximum Gasteiger partial charge on any atom is 0.257 e. The Morgan fingerprint density at radius 3 is 2.43 bits per heavy atom. The number of halogens is 1. The predicted octanol–water partition coefficient (Wildman–Crippen LogP) is 2.27. The second-order valence-electron chi connectivity index (χ2n) is 9.11. The van der Waals surface area contributed by atoms with E-state index in [-0.39, 0.29) is 24.4 Å². The number of hydrazone groups is 1. The van der Waals surface area contributed by atoms with Gasteiger partial charge >= 0.3 is 0 Å². The average molecular weight is 497 g/mol. The standard InChI is InChI=1S/C24H28N8O2.ClH/c25-10-5-16-6-11-32(12-7-16)24-28-20-15-26-30-23(34)21(20)22(29-24)27-17-1-3-18(4-2-17)31-13-8-19(33)9-14-31;/h1-4,15-16,19,21,33H,5-9,11-14H2,(H,30,34);1H. The molecule has 4 heterocycles. The van der Waals surface area contributed by atoms with Crippen molar-refractivity contribution in [3.05, 3.63) is 24.3 Å². The Balaban J connectivity index is 0.00000289. The summed E-state index contributed by atoms with van der Waals surface area (Å²) in [7, 11) is 0. The molecule has 0 radical (unpaired) electrons. The fraction of sp³-hybridized carbons (Fsp3) is 0.500. The van der Waals surface area contributed by atoms with Crippen LogP contribution in [0, 0.1) is 23.2 Å². The number of hydrogen-bond donors (Lipinski definition) is 2. The first-order valence-corrected chi connectivity index (χ1v) is 11.8. The number of rotatable bonds is 3. The van der Waals surface area contributed by atoms with Crippen LogP contribution in [0.15, 0.2) is 44.3 Å². The Kier molecular flexibility index (Phi) is 7.78. The number of amides is 1. The number of nitrogens with one attached hydrogen (secondary N) is 1. The summed E-state index contributed by atoms with van der Waals surface area (Å²) in [4.78, 5) is 31.0. The molecule has 4 aliphatic rings. The minimum atomic E-state index is -0.694. The van der Waals surface area contributed by atoms with Crippen LogP contribution in [0.1, 0.15) is 32.1 Å². The second-order valence-corrected chi connectivity index (χ2v) is 9.11. The summed E-state index contributed by atoms with van der Waals surface area (Å²) in [5, 5.41) is 22.6. The van der Waals surface area contributed by atoms with Crippen LogP contribution in [0.5, 0.6) is 0 Å². The van der Waals surface area contributed by atoms with Crippen LogP contribution in [0.2, 0.25) is 0 Å². The van der Waals surface area contributed by atoms with Gasteiger partial charge in [-0.3, -0.25) is 4.79 Å². The fourth-order valence-electron chi connectivity index (χ4n) is 4.78. The zero-order valence-corrected chi connectivity index (χ0v) is 20.2. The first-order valence-electron chi connectivity index (χ1n) is 11.8. The number of amidine groups is 1. The number of carbonyl (C=O) groups excluding carboxylic acids is 1. The Morgan fingerprint density at radius 2 is 1.74 bits per heavy atom. The SMILES string of the molecule is Cl.N#CCC1CCN(C2=NC(=Nc3ccc(N4CCC(O)CC4)cc3)C3C(=O)NN=CC3=N2)CC1.